The molecule has 0 aliphatic rings. The van der Waals surface area contributed by atoms with Gasteiger partial charge in [-0.25, -0.2) is 4.90 Å². The number of nitrogens with zero attached hydrogens (tertiary/aromatic N) is 1. The Balaban J connectivity index is 5.59. The van der Waals surface area contributed by atoms with E-state index in [0.29, 0.717) is 12.8 Å². The Kier molecular flexibility index (Phi) is 7.05. The second-order valence-corrected chi connectivity index (χ2v) is 4.88. The number of rotatable bonds is 9. The van der Waals surface area contributed by atoms with Crippen molar-refractivity contribution in [1.29, 1.82) is 0 Å². The molecule has 0 aromatic heterocycles. The molecule has 0 aliphatic carbocycles. The van der Waals surface area contributed by atoms with E-state index in [0.717, 1.165) is 0 Å². The first-order valence-electron chi connectivity index (χ1n) is 6.72. The Morgan fingerprint density at radius 1 is 0.636 bits per heavy atom. The van der Waals surface area contributed by atoms with Crippen LogP contribution in [0, 0.1) is 0 Å². The van der Waals surface area contributed by atoms with Crippen LogP contribution in [-0.4, -0.2) is 42.1 Å². The van der Waals surface area contributed by atoms with Crippen LogP contribution >= 0.6 is 0 Å². The molecule has 134 valence electrons. The first kappa shape index (κ1) is 21.3. The van der Waals surface area contributed by atoms with Crippen molar-refractivity contribution < 1.29 is 39.5 Å². The highest BCUT2D eigenvalue weighted by atomic mass is 19.4. The van der Waals surface area contributed by atoms with Crippen molar-refractivity contribution >= 4 is 0 Å². The fourth-order valence-corrected chi connectivity index (χ4v) is 1.66. The van der Waals surface area contributed by atoms with Gasteiger partial charge in [0.25, 0.3) is 0 Å². The second-order valence-electron chi connectivity index (χ2n) is 4.88. The summed E-state index contributed by atoms with van der Waals surface area (Å²) < 4.78 is 116. The summed E-state index contributed by atoms with van der Waals surface area (Å²) in [6.45, 7) is 1.68. The molecule has 0 aromatic carbocycles. The first-order valence-corrected chi connectivity index (χ1v) is 6.72. The smallest absolute Gasteiger partial charge is 0.239 e. The predicted molar refractivity (Wildman–Crippen MR) is 62.3 cm³/mol. The summed E-state index contributed by atoms with van der Waals surface area (Å²) in [5.74, 6) is -13.4. The quantitative estimate of drug-likeness (QED) is 0.403. The Morgan fingerprint density at radius 2 is 1.00 bits per heavy atom. The number of alkyl halides is 9. The van der Waals surface area contributed by atoms with Gasteiger partial charge in [-0.3, -0.25) is 0 Å². The molecule has 0 fully saturated rings. The standard InChI is InChI=1S/C12H18F9N/c1-3-5-7-22(8-6-4-2)12(20,21)10(15,16)9(13,14)11(17,18)19/h3-8H2,1-2H3. The lowest BCUT2D eigenvalue weighted by molar-refractivity contribution is -0.418. The Morgan fingerprint density at radius 3 is 1.27 bits per heavy atom. The molecule has 0 radical (unpaired) electrons. The van der Waals surface area contributed by atoms with Gasteiger partial charge < -0.3 is 0 Å². The molecule has 0 aliphatic heterocycles. The molecule has 0 N–H and O–H groups in total. The van der Waals surface area contributed by atoms with Gasteiger partial charge in [0, 0.05) is 13.1 Å². The zero-order valence-corrected chi connectivity index (χ0v) is 12.1. The molecule has 0 spiro atoms. The number of unbranched alkanes of at least 4 members (excludes halogenated alkanes) is 2. The van der Waals surface area contributed by atoms with Crippen molar-refractivity contribution in [2.24, 2.45) is 0 Å². The van der Waals surface area contributed by atoms with Gasteiger partial charge in [0.15, 0.2) is 0 Å². The van der Waals surface area contributed by atoms with Crippen molar-refractivity contribution in [1.82, 2.24) is 4.90 Å². The molecular weight excluding hydrogens is 329 g/mol. The Bertz CT molecular complexity index is 330. The average Bonchev–Trinajstić information content (AvgIpc) is 2.36. The third-order valence-electron chi connectivity index (χ3n) is 3.09. The lowest BCUT2D eigenvalue weighted by Gasteiger charge is -2.39. The van der Waals surface area contributed by atoms with E-state index in [4.69, 9.17) is 0 Å². The molecule has 0 atom stereocenters. The minimum absolute atomic E-state index is 0.0347. The van der Waals surface area contributed by atoms with Crippen LogP contribution in [-0.2, 0) is 0 Å². The van der Waals surface area contributed by atoms with E-state index in [-0.39, 0.29) is 17.7 Å². The fourth-order valence-electron chi connectivity index (χ4n) is 1.66. The summed E-state index contributed by atoms with van der Waals surface area (Å²) in [5, 5.41) is 0. The summed E-state index contributed by atoms with van der Waals surface area (Å²) in [4.78, 5) is -0.292. The lowest BCUT2D eigenvalue weighted by atomic mass is 10.1. The summed E-state index contributed by atoms with van der Waals surface area (Å²) >= 11 is 0. The van der Waals surface area contributed by atoms with Gasteiger partial charge in [-0.15, -0.1) is 0 Å². The van der Waals surface area contributed by atoms with Crippen molar-refractivity contribution in [3.8, 4) is 0 Å². The molecule has 0 bridgehead atoms. The van der Waals surface area contributed by atoms with E-state index in [1.165, 1.54) is 0 Å². The van der Waals surface area contributed by atoms with E-state index in [2.05, 4.69) is 0 Å². The molecule has 0 unspecified atom stereocenters. The largest absolute Gasteiger partial charge is 0.460 e. The van der Waals surface area contributed by atoms with E-state index in [1.54, 1.807) is 13.8 Å². The third-order valence-corrected chi connectivity index (χ3v) is 3.09. The highest BCUT2D eigenvalue weighted by molar-refractivity contribution is 5.00. The summed E-state index contributed by atoms with van der Waals surface area (Å²) in [7, 11) is 0. The maximum Gasteiger partial charge on any atom is 0.460 e. The highest BCUT2D eigenvalue weighted by Crippen LogP contribution is 2.54. The molecule has 0 saturated heterocycles. The minimum atomic E-state index is -6.83. The third kappa shape index (κ3) is 3.99. The fraction of sp³-hybridized carbons (Fsp3) is 1.00. The van der Waals surface area contributed by atoms with Crippen LogP contribution in [0.1, 0.15) is 39.5 Å². The topological polar surface area (TPSA) is 3.24 Å². The maximum absolute atomic E-state index is 13.7. The van der Waals surface area contributed by atoms with Crippen LogP contribution < -0.4 is 0 Å². The molecule has 22 heavy (non-hydrogen) atoms. The van der Waals surface area contributed by atoms with Crippen LogP contribution in [0.2, 0.25) is 0 Å². The monoisotopic (exact) mass is 347 g/mol. The van der Waals surface area contributed by atoms with Gasteiger partial charge in [0.1, 0.15) is 0 Å². The van der Waals surface area contributed by atoms with Gasteiger partial charge in [0.05, 0.1) is 0 Å². The summed E-state index contributed by atoms with van der Waals surface area (Å²) in [6, 6.07) is -5.61. The lowest BCUT2D eigenvalue weighted by Crippen LogP contribution is -2.66. The second kappa shape index (κ2) is 7.27. The van der Waals surface area contributed by atoms with Crippen molar-refractivity contribution in [2.45, 2.75) is 63.6 Å². The van der Waals surface area contributed by atoms with E-state index < -0.39 is 37.2 Å². The predicted octanol–water partition coefficient (Wildman–Crippen LogP) is 5.31. The molecular formula is C12H18F9N. The molecule has 0 rings (SSSR count). The summed E-state index contributed by atoms with van der Waals surface area (Å²) in [6.07, 6.45) is -6.26. The molecule has 10 heteroatoms. The van der Waals surface area contributed by atoms with Gasteiger partial charge >= 0.3 is 24.1 Å². The Labute approximate surface area is 122 Å². The molecule has 0 aromatic rings. The van der Waals surface area contributed by atoms with Crippen LogP contribution in [0.4, 0.5) is 39.5 Å². The molecule has 0 heterocycles. The molecule has 0 saturated carbocycles. The normalized spacial score (nSPS) is 14.7. The molecule has 0 amide bonds. The van der Waals surface area contributed by atoms with Crippen molar-refractivity contribution in [3.05, 3.63) is 0 Å². The first-order chi connectivity index (χ1) is 9.77. The number of hydrogen-bond acceptors (Lipinski definition) is 1. The van der Waals surface area contributed by atoms with Crippen molar-refractivity contribution in [3.63, 3.8) is 0 Å². The summed E-state index contributed by atoms with van der Waals surface area (Å²) in [5.41, 5.74) is 0. The highest BCUT2D eigenvalue weighted by Gasteiger charge is 2.82. The Hall–Kier alpha value is -0.670. The van der Waals surface area contributed by atoms with Crippen LogP contribution in [0.25, 0.3) is 0 Å². The zero-order chi connectivity index (χ0) is 17.8. The zero-order valence-electron chi connectivity index (χ0n) is 12.1. The van der Waals surface area contributed by atoms with Gasteiger partial charge in [-0.05, 0) is 12.8 Å². The minimum Gasteiger partial charge on any atom is -0.239 e. The van der Waals surface area contributed by atoms with Crippen molar-refractivity contribution in [2.75, 3.05) is 13.1 Å². The molecule has 1 nitrogen and oxygen atoms in total. The maximum atomic E-state index is 13.7. The van der Waals surface area contributed by atoms with E-state index >= 15 is 0 Å². The van der Waals surface area contributed by atoms with Crippen LogP contribution in [0.3, 0.4) is 0 Å². The van der Waals surface area contributed by atoms with Gasteiger partial charge in [-0.2, -0.15) is 39.5 Å². The van der Waals surface area contributed by atoms with E-state index in [1.807, 2.05) is 0 Å². The number of halogens is 9. The van der Waals surface area contributed by atoms with Gasteiger partial charge in [0.2, 0.25) is 0 Å². The number of hydrogen-bond donors (Lipinski definition) is 0. The van der Waals surface area contributed by atoms with Crippen LogP contribution in [0.5, 0.6) is 0 Å². The SMILES string of the molecule is CCCCN(CCCC)C(F)(F)C(F)(F)C(F)(F)C(F)(F)F. The van der Waals surface area contributed by atoms with E-state index in [9.17, 15) is 39.5 Å². The average molecular weight is 347 g/mol. The van der Waals surface area contributed by atoms with Crippen LogP contribution in [0.15, 0.2) is 0 Å². The van der Waals surface area contributed by atoms with Gasteiger partial charge in [-0.1, -0.05) is 26.7 Å².